The van der Waals surface area contributed by atoms with Crippen LogP contribution in [0.15, 0.2) is 30.5 Å². The molecule has 21 heavy (non-hydrogen) atoms. The first-order valence-electron chi connectivity index (χ1n) is 6.46. The fourth-order valence-electron chi connectivity index (χ4n) is 2.62. The van der Waals surface area contributed by atoms with Crippen molar-refractivity contribution in [3.8, 4) is 0 Å². The van der Waals surface area contributed by atoms with Gasteiger partial charge in [-0.1, -0.05) is 24.3 Å². The predicted molar refractivity (Wildman–Crippen MR) is 68.6 cm³/mol. The van der Waals surface area contributed by atoms with Crippen LogP contribution in [-0.4, -0.2) is 16.1 Å². The summed E-state index contributed by atoms with van der Waals surface area (Å²) in [4.78, 5) is 12.1. The summed E-state index contributed by atoms with van der Waals surface area (Å²) in [6, 6.07) is 7.33. The summed E-state index contributed by atoms with van der Waals surface area (Å²) < 4.78 is 38.2. The van der Waals surface area contributed by atoms with Crippen molar-refractivity contribution in [2.45, 2.75) is 25.1 Å². The average Bonchev–Trinajstić information content (AvgIpc) is 3.05. The standard InChI is InChI=1S/C14H12F3N3O/c15-14(16,17)12-10(7-18-20-12)13(21)19-11-6-5-8-3-1-2-4-9(8)11/h1-4,7,11H,5-6H2,(H,18,20)(H,19,21)/t11-/m1/s1. The van der Waals surface area contributed by atoms with Crippen molar-refractivity contribution in [2.75, 3.05) is 0 Å². The minimum absolute atomic E-state index is 0.260. The molecule has 0 fully saturated rings. The van der Waals surface area contributed by atoms with Crippen molar-refractivity contribution < 1.29 is 18.0 Å². The quantitative estimate of drug-likeness (QED) is 0.895. The van der Waals surface area contributed by atoms with Gasteiger partial charge in [-0.15, -0.1) is 0 Å². The monoisotopic (exact) mass is 295 g/mol. The van der Waals surface area contributed by atoms with Crippen LogP contribution in [-0.2, 0) is 12.6 Å². The van der Waals surface area contributed by atoms with Crippen LogP contribution in [0.4, 0.5) is 13.2 Å². The minimum atomic E-state index is -4.63. The second-order valence-electron chi connectivity index (χ2n) is 4.92. The molecule has 0 bridgehead atoms. The molecule has 1 aromatic heterocycles. The van der Waals surface area contributed by atoms with Gasteiger partial charge in [0.2, 0.25) is 0 Å². The van der Waals surface area contributed by atoms with Gasteiger partial charge in [0.25, 0.3) is 5.91 Å². The number of carbonyl (C=O) groups excluding carboxylic acids is 1. The van der Waals surface area contributed by atoms with Crippen LogP contribution in [0.25, 0.3) is 0 Å². The molecule has 1 aromatic carbocycles. The Kier molecular flexibility index (Phi) is 3.19. The first-order chi connectivity index (χ1) is 9.97. The predicted octanol–water partition coefficient (Wildman–Crippen LogP) is 2.85. The highest BCUT2D eigenvalue weighted by molar-refractivity contribution is 5.95. The lowest BCUT2D eigenvalue weighted by molar-refractivity contribution is -0.141. The third-order valence-corrected chi connectivity index (χ3v) is 3.61. The van der Waals surface area contributed by atoms with E-state index in [2.05, 4.69) is 10.4 Å². The number of rotatable bonds is 2. The zero-order valence-electron chi connectivity index (χ0n) is 10.9. The molecule has 4 nitrogen and oxygen atoms in total. The second-order valence-corrected chi connectivity index (χ2v) is 4.92. The van der Waals surface area contributed by atoms with Crippen molar-refractivity contribution >= 4 is 5.91 Å². The van der Waals surface area contributed by atoms with Crippen LogP contribution in [0.5, 0.6) is 0 Å². The number of nitrogens with one attached hydrogen (secondary N) is 2. The van der Waals surface area contributed by atoms with Gasteiger partial charge in [-0.25, -0.2) is 0 Å². The highest BCUT2D eigenvalue weighted by atomic mass is 19.4. The molecule has 110 valence electrons. The molecule has 7 heteroatoms. The molecule has 1 aliphatic rings. The molecule has 0 saturated carbocycles. The molecule has 0 spiro atoms. The number of nitrogens with zero attached hydrogens (tertiary/aromatic N) is 1. The van der Waals surface area contributed by atoms with E-state index in [1.54, 1.807) is 0 Å². The number of H-pyrrole nitrogens is 1. The van der Waals surface area contributed by atoms with E-state index >= 15 is 0 Å². The maximum Gasteiger partial charge on any atom is 0.433 e. The van der Waals surface area contributed by atoms with Crippen molar-refractivity contribution in [1.82, 2.24) is 15.5 Å². The Labute approximate surface area is 118 Å². The molecule has 1 heterocycles. The number of hydrogen-bond donors (Lipinski definition) is 2. The van der Waals surface area contributed by atoms with E-state index in [9.17, 15) is 18.0 Å². The molecule has 3 rings (SSSR count). The van der Waals surface area contributed by atoms with E-state index in [1.807, 2.05) is 29.4 Å². The number of aromatic amines is 1. The topological polar surface area (TPSA) is 57.8 Å². The largest absolute Gasteiger partial charge is 0.433 e. The third kappa shape index (κ3) is 2.51. The maximum atomic E-state index is 12.7. The molecular formula is C14H12F3N3O. The van der Waals surface area contributed by atoms with E-state index in [0.717, 1.165) is 23.7 Å². The van der Waals surface area contributed by atoms with Gasteiger partial charge in [0.05, 0.1) is 17.8 Å². The number of hydrogen-bond acceptors (Lipinski definition) is 2. The van der Waals surface area contributed by atoms with Crippen LogP contribution >= 0.6 is 0 Å². The molecule has 2 aromatic rings. The SMILES string of the molecule is O=C(N[C@@H]1CCc2ccccc21)c1cn[nH]c1C(F)(F)F. The molecule has 0 radical (unpaired) electrons. The Balaban J connectivity index is 1.81. The minimum Gasteiger partial charge on any atom is -0.345 e. The fourth-order valence-corrected chi connectivity index (χ4v) is 2.62. The van der Waals surface area contributed by atoms with E-state index in [4.69, 9.17) is 0 Å². The van der Waals surface area contributed by atoms with Crippen molar-refractivity contribution in [3.05, 3.63) is 52.8 Å². The van der Waals surface area contributed by atoms with Crippen molar-refractivity contribution in [1.29, 1.82) is 0 Å². The zero-order valence-corrected chi connectivity index (χ0v) is 10.9. The molecule has 1 aliphatic carbocycles. The summed E-state index contributed by atoms with van der Waals surface area (Å²) in [5, 5.41) is 7.81. The normalized spacial score (nSPS) is 17.6. The fraction of sp³-hybridized carbons (Fsp3) is 0.286. The second kappa shape index (κ2) is 4.91. The lowest BCUT2D eigenvalue weighted by atomic mass is 10.1. The van der Waals surface area contributed by atoms with Crippen LogP contribution < -0.4 is 5.32 Å². The smallest absolute Gasteiger partial charge is 0.345 e. The van der Waals surface area contributed by atoms with Crippen molar-refractivity contribution in [2.24, 2.45) is 0 Å². The first-order valence-corrected chi connectivity index (χ1v) is 6.46. The van der Waals surface area contributed by atoms with Gasteiger partial charge in [-0.2, -0.15) is 18.3 Å². The van der Waals surface area contributed by atoms with Crippen molar-refractivity contribution in [3.63, 3.8) is 0 Å². The first kappa shape index (κ1) is 13.7. The van der Waals surface area contributed by atoms with Gasteiger partial charge in [0.1, 0.15) is 0 Å². The van der Waals surface area contributed by atoms with Gasteiger partial charge in [0, 0.05) is 0 Å². The Hall–Kier alpha value is -2.31. The van der Waals surface area contributed by atoms with Crippen LogP contribution in [0.1, 0.15) is 39.6 Å². The van der Waals surface area contributed by atoms with E-state index in [-0.39, 0.29) is 6.04 Å². The highest BCUT2D eigenvalue weighted by Gasteiger charge is 2.38. The Bertz CT molecular complexity index is 678. The summed E-state index contributed by atoms with van der Waals surface area (Å²) in [7, 11) is 0. The Morgan fingerprint density at radius 3 is 2.86 bits per heavy atom. The molecule has 0 unspecified atom stereocenters. The number of fused-ring (bicyclic) bond motifs is 1. The number of alkyl halides is 3. The van der Waals surface area contributed by atoms with E-state index in [0.29, 0.717) is 6.42 Å². The Morgan fingerprint density at radius 1 is 1.33 bits per heavy atom. The molecular weight excluding hydrogens is 283 g/mol. The van der Waals surface area contributed by atoms with E-state index in [1.165, 1.54) is 0 Å². The number of aromatic nitrogens is 2. The lowest BCUT2D eigenvalue weighted by Crippen LogP contribution is -2.28. The number of halogens is 3. The van der Waals surface area contributed by atoms with Crippen LogP contribution in [0.2, 0.25) is 0 Å². The van der Waals surface area contributed by atoms with Gasteiger partial charge in [-0.05, 0) is 24.0 Å². The van der Waals surface area contributed by atoms with Crippen LogP contribution in [0, 0.1) is 0 Å². The molecule has 1 atom stereocenters. The molecule has 0 saturated heterocycles. The molecule has 0 aliphatic heterocycles. The number of aryl methyl sites for hydroxylation is 1. The van der Waals surface area contributed by atoms with Gasteiger partial charge < -0.3 is 5.32 Å². The van der Waals surface area contributed by atoms with E-state index < -0.39 is 23.3 Å². The third-order valence-electron chi connectivity index (χ3n) is 3.61. The van der Waals surface area contributed by atoms with Crippen LogP contribution in [0.3, 0.4) is 0 Å². The molecule has 1 amide bonds. The average molecular weight is 295 g/mol. The highest BCUT2D eigenvalue weighted by Crippen LogP contribution is 2.33. The summed E-state index contributed by atoms with van der Waals surface area (Å²) in [5.41, 5.74) is 0.479. The number of benzene rings is 1. The van der Waals surface area contributed by atoms with Gasteiger partial charge in [-0.3, -0.25) is 9.89 Å². The summed E-state index contributed by atoms with van der Waals surface area (Å²) in [6.07, 6.45) is -2.24. The maximum absolute atomic E-state index is 12.7. The summed E-state index contributed by atoms with van der Waals surface area (Å²) in [6.45, 7) is 0. The number of carbonyl (C=O) groups is 1. The van der Waals surface area contributed by atoms with Gasteiger partial charge >= 0.3 is 6.18 Å². The molecule has 2 N–H and O–H groups in total. The summed E-state index contributed by atoms with van der Waals surface area (Å²) in [5.74, 6) is -0.766. The Morgan fingerprint density at radius 2 is 2.10 bits per heavy atom. The zero-order chi connectivity index (χ0) is 15.0. The number of amides is 1. The van der Waals surface area contributed by atoms with Gasteiger partial charge in [0.15, 0.2) is 5.69 Å². The summed E-state index contributed by atoms with van der Waals surface area (Å²) >= 11 is 0. The lowest BCUT2D eigenvalue weighted by Gasteiger charge is -2.14.